The molecule has 1 saturated heterocycles. The molecule has 1 aromatic carbocycles. The number of benzene rings is 1. The molecule has 1 heterocycles. The van der Waals surface area contributed by atoms with Gasteiger partial charge in [-0.1, -0.05) is 13.0 Å². The monoisotopic (exact) mass is 547 g/mol. The molecule has 0 bridgehead atoms. The highest BCUT2D eigenvalue weighted by molar-refractivity contribution is 14.0. The van der Waals surface area contributed by atoms with Gasteiger partial charge in [-0.3, -0.25) is 9.89 Å². The van der Waals surface area contributed by atoms with E-state index in [9.17, 15) is 4.39 Å². The zero-order valence-corrected chi connectivity index (χ0v) is 21.5. The lowest BCUT2D eigenvalue weighted by molar-refractivity contribution is 0.140. The summed E-state index contributed by atoms with van der Waals surface area (Å²) in [5.41, 5.74) is 0.882. The molecule has 0 radical (unpaired) electrons. The predicted molar refractivity (Wildman–Crippen MR) is 136 cm³/mol. The van der Waals surface area contributed by atoms with E-state index < -0.39 is 0 Å². The van der Waals surface area contributed by atoms with Crippen LogP contribution in [-0.4, -0.2) is 74.7 Å². The molecule has 1 unspecified atom stereocenters. The Balaban J connectivity index is 0.00000341. The molecule has 2 aliphatic rings. The third kappa shape index (κ3) is 8.73. The molecule has 1 aromatic rings. The van der Waals surface area contributed by atoms with Crippen molar-refractivity contribution in [1.82, 2.24) is 20.4 Å². The van der Waals surface area contributed by atoms with Crippen molar-refractivity contribution in [2.24, 2.45) is 10.9 Å². The van der Waals surface area contributed by atoms with E-state index in [4.69, 9.17) is 9.73 Å². The summed E-state index contributed by atoms with van der Waals surface area (Å²) in [7, 11) is 0. The quantitative estimate of drug-likeness (QED) is 0.267. The third-order valence-electron chi connectivity index (χ3n) is 5.92. The molecular formula is C23H39FIN5O. The van der Waals surface area contributed by atoms with Crippen molar-refractivity contribution in [2.75, 3.05) is 59.0 Å². The Morgan fingerprint density at radius 3 is 2.52 bits per heavy atom. The van der Waals surface area contributed by atoms with Crippen LogP contribution in [0.3, 0.4) is 0 Å². The molecule has 3 rings (SSSR count). The maximum absolute atomic E-state index is 14.4. The van der Waals surface area contributed by atoms with Gasteiger partial charge in [0.25, 0.3) is 0 Å². The number of likely N-dealkylation sites (N-methyl/N-ethyl adjacent to an activating group) is 1. The van der Waals surface area contributed by atoms with Gasteiger partial charge in [-0.2, -0.15) is 0 Å². The lowest BCUT2D eigenvalue weighted by Gasteiger charge is -2.33. The molecule has 2 N–H and O–H groups in total. The zero-order valence-electron chi connectivity index (χ0n) is 19.2. The Labute approximate surface area is 204 Å². The van der Waals surface area contributed by atoms with Crippen LogP contribution in [0.15, 0.2) is 23.2 Å². The smallest absolute Gasteiger partial charge is 0.191 e. The highest BCUT2D eigenvalue weighted by Gasteiger charge is 2.22. The van der Waals surface area contributed by atoms with E-state index >= 15 is 0 Å². The second-order valence-electron chi connectivity index (χ2n) is 8.35. The summed E-state index contributed by atoms with van der Waals surface area (Å²) >= 11 is 0. The Morgan fingerprint density at radius 1 is 1.19 bits per heavy atom. The first-order valence-electron chi connectivity index (χ1n) is 11.5. The number of halogens is 2. The molecular weight excluding hydrogens is 508 g/mol. The highest BCUT2D eigenvalue weighted by Crippen LogP contribution is 2.30. The topological polar surface area (TPSA) is 52.1 Å². The predicted octanol–water partition coefficient (Wildman–Crippen LogP) is 3.49. The summed E-state index contributed by atoms with van der Waals surface area (Å²) in [5, 5.41) is 6.70. The number of guanidine groups is 1. The number of aliphatic imine (C=N–C) groups is 1. The van der Waals surface area contributed by atoms with Gasteiger partial charge in [0.1, 0.15) is 0 Å². The average molecular weight is 548 g/mol. The SMILES string of the molecule is CCNC(=NCCN1CCN(CC)CC1)NC(C)c1ccc(OCC2CC2)c(F)c1.I. The number of ether oxygens (including phenoxy) is 1. The van der Waals surface area contributed by atoms with Gasteiger partial charge < -0.3 is 20.3 Å². The lowest BCUT2D eigenvalue weighted by atomic mass is 10.1. The summed E-state index contributed by atoms with van der Waals surface area (Å²) < 4.78 is 20.0. The van der Waals surface area contributed by atoms with Gasteiger partial charge >= 0.3 is 0 Å². The van der Waals surface area contributed by atoms with Crippen LogP contribution in [0.1, 0.15) is 45.2 Å². The van der Waals surface area contributed by atoms with Gasteiger partial charge in [0.2, 0.25) is 0 Å². The van der Waals surface area contributed by atoms with Crippen LogP contribution in [0.4, 0.5) is 4.39 Å². The Bertz CT molecular complexity index is 693. The summed E-state index contributed by atoms with van der Waals surface area (Å²) in [5.74, 6) is 1.43. The van der Waals surface area contributed by atoms with Crippen molar-refractivity contribution in [3.8, 4) is 5.75 Å². The summed E-state index contributed by atoms with van der Waals surface area (Å²) in [6.07, 6.45) is 2.39. The maximum atomic E-state index is 14.4. The zero-order chi connectivity index (χ0) is 21.3. The van der Waals surface area contributed by atoms with Crippen molar-refractivity contribution < 1.29 is 9.13 Å². The van der Waals surface area contributed by atoms with Crippen molar-refractivity contribution in [1.29, 1.82) is 0 Å². The molecule has 6 nitrogen and oxygen atoms in total. The van der Waals surface area contributed by atoms with Crippen LogP contribution < -0.4 is 15.4 Å². The first-order chi connectivity index (χ1) is 14.6. The van der Waals surface area contributed by atoms with Crippen LogP contribution in [0.25, 0.3) is 0 Å². The average Bonchev–Trinajstić information content (AvgIpc) is 3.58. The Hall–Kier alpha value is -1.13. The maximum Gasteiger partial charge on any atom is 0.191 e. The molecule has 31 heavy (non-hydrogen) atoms. The van der Waals surface area contributed by atoms with Gasteiger partial charge in [-0.15, -0.1) is 24.0 Å². The van der Waals surface area contributed by atoms with Gasteiger partial charge in [-0.25, -0.2) is 4.39 Å². The van der Waals surface area contributed by atoms with E-state index in [1.165, 1.54) is 12.8 Å². The second kappa shape index (κ2) is 13.4. The van der Waals surface area contributed by atoms with Gasteiger partial charge in [0, 0.05) is 39.3 Å². The summed E-state index contributed by atoms with van der Waals surface area (Å²) in [6, 6.07) is 5.18. The number of nitrogens with one attached hydrogen (secondary N) is 2. The second-order valence-corrected chi connectivity index (χ2v) is 8.35. The molecule has 1 aliphatic heterocycles. The van der Waals surface area contributed by atoms with Crippen molar-refractivity contribution in [2.45, 2.75) is 39.7 Å². The highest BCUT2D eigenvalue weighted by atomic mass is 127. The summed E-state index contributed by atoms with van der Waals surface area (Å²) in [6.45, 7) is 15.0. The normalized spacial score (nSPS) is 18.9. The van der Waals surface area contributed by atoms with Crippen LogP contribution in [0.5, 0.6) is 5.75 Å². The van der Waals surface area contributed by atoms with E-state index in [-0.39, 0.29) is 35.8 Å². The van der Waals surface area contributed by atoms with E-state index in [1.54, 1.807) is 12.1 Å². The van der Waals surface area contributed by atoms with Crippen molar-refractivity contribution >= 4 is 29.9 Å². The first kappa shape index (κ1) is 26.1. The molecule has 8 heteroatoms. The standard InChI is InChI=1S/C23H38FN5O.HI/c1-4-25-23(26-10-11-29-14-12-28(5-2)13-15-29)27-18(3)20-8-9-22(21(24)16-20)30-17-19-6-7-19;/h8-9,16,18-19H,4-7,10-15,17H2,1-3H3,(H2,25,26,27);1H. The van der Waals surface area contributed by atoms with Crippen LogP contribution in [0.2, 0.25) is 0 Å². The minimum absolute atomic E-state index is 0. The Kier molecular flexibility index (Phi) is 11.3. The molecule has 1 atom stereocenters. The molecule has 176 valence electrons. The number of hydrogen-bond acceptors (Lipinski definition) is 4. The largest absolute Gasteiger partial charge is 0.490 e. The first-order valence-corrected chi connectivity index (χ1v) is 11.5. The van der Waals surface area contributed by atoms with Crippen molar-refractivity contribution in [3.05, 3.63) is 29.6 Å². The van der Waals surface area contributed by atoms with Gasteiger partial charge in [0.15, 0.2) is 17.5 Å². The van der Waals surface area contributed by atoms with E-state index in [1.807, 2.05) is 13.0 Å². The fourth-order valence-electron chi connectivity index (χ4n) is 3.64. The molecule has 0 spiro atoms. The fourth-order valence-corrected chi connectivity index (χ4v) is 3.64. The lowest BCUT2D eigenvalue weighted by Crippen LogP contribution is -2.47. The van der Waals surface area contributed by atoms with Crippen LogP contribution in [0, 0.1) is 11.7 Å². The molecule has 2 fully saturated rings. The van der Waals surface area contributed by atoms with Crippen LogP contribution >= 0.6 is 24.0 Å². The number of piperazine rings is 1. The third-order valence-corrected chi connectivity index (χ3v) is 5.92. The van der Waals surface area contributed by atoms with Crippen LogP contribution in [-0.2, 0) is 0 Å². The molecule has 0 amide bonds. The van der Waals surface area contributed by atoms with Crippen molar-refractivity contribution in [3.63, 3.8) is 0 Å². The minimum Gasteiger partial charge on any atom is -0.490 e. The molecule has 1 saturated carbocycles. The number of rotatable bonds is 10. The van der Waals surface area contributed by atoms with E-state index in [0.717, 1.165) is 63.9 Å². The van der Waals surface area contributed by atoms with E-state index in [2.05, 4.69) is 34.3 Å². The number of hydrogen-bond donors (Lipinski definition) is 2. The summed E-state index contributed by atoms with van der Waals surface area (Å²) in [4.78, 5) is 9.68. The number of nitrogens with zero attached hydrogens (tertiary/aromatic N) is 3. The van der Waals surface area contributed by atoms with Gasteiger partial charge in [0.05, 0.1) is 19.2 Å². The Morgan fingerprint density at radius 2 is 1.90 bits per heavy atom. The van der Waals surface area contributed by atoms with Gasteiger partial charge in [-0.05, 0) is 56.8 Å². The van der Waals surface area contributed by atoms with E-state index in [0.29, 0.717) is 18.3 Å². The minimum atomic E-state index is -0.296. The fraction of sp³-hybridized carbons (Fsp3) is 0.696. The molecule has 0 aromatic heterocycles. The molecule has 1 aliphatic carbocycles.